The molecule has 1 saturated heterocycles. The van der Waals surface area contributed by atoms with Crippen LogP contribution in [0.2, 0.25) is 0 Å². The van der Waals surface area contributed by atoms with Crippen molar-refractivity contribution in [2.75, 3.05) is 31.6 Å². The fourth-order valence-electron chi connectivity index (χ4n) is 4.90. The molecule has 5 rings (SSSR count). The Balaban J connectivity index is 1.27. The maximum Gasteiger partial charge on any atom is 0.417 e. The Morgan fingerprint density at radius 3 is 2.31 bits per heavy atom. The van der Waals surface area contributed by atoms with Gasteiger partial charge in [-0.2, -0.15) is 13.2 Å². The van der Waals surface area contributed by atoms with Crippen LogP contribution in [0.4, 0.5) is 18.9 Å². The maximum absolute atomic E-state index is 13.5. The molecular formula is C29H27F3N2O4S. The average molecular weight is 557 g/mol. The third kappa shape index (κ3) is 5.86. The summed E-state index contributed by atoms with van der Waals surface area (Å²) in [7, 11) is 0.299. The second kappa shape index (κ2) is 10.9. The summed E-state index contributed by atoms with van der Waals surface area (Å²) in [6.45, 7) is 4.11. The van der Waals surface area contributed by atoms with E-state index in [4.69, 9.17) is 9.15 Å². The van der Waals surface area contributed by atoms with Gasteiger partial charge in [-0.1, -0.05) is 18.2 Å². The molecule has 0 saturated carbocycles. The highest BCUT2D eigenvalue weighted by molar-refractivity contribution is 7.82. The average Bonchev–Trinajstić information content (AvgIpc) is 2.92. The van der Waals surface area contributed by atoms with E-state index in [0.717, 1.165) is 23.5 Å². The van der Waals surface area contributed by atoms with E-state index in [1.54, 1.807) is 25.3 Å². The zero-order valence-electron chi connectivity index (χ0n) is 21.4. The van der Waals surface area contributed by atoms with Crippen molar-refractivity contribution in [2.24, 2.45) is 0 Å². The van der Waals surface area contributed by atoms with Crippen LogP contribution in [0, 0.1) is 0 Å². The number of ether oxygens (including phenoxy) is 1. The number of piperazine rings is 1. The smallest absolute Gasteiger partial charge is 0.417 e. The van der Waals surface area contributed by atoms with Crippen LogP contribution in [-0.4, -0.2) is 41.3 Å². The molecule has 4 aromatic rings. The molecule has 2 unspecified atom stereocenters. The lowest BCUT2D eigenvalue weighted by Crippen LogP contribution is -2.52. The molecule has 1 aromatic heterocycles. The van der Waals surface area contributed by atoms with Gasteiger partial charge in [0, 0.05) is 42.8 Å². The molecule has 6 nitrogen and oxygen atoms in total. The Kier molecular flexibility index (Phi) is 7.51. The number of hydrogen-bond acceptors (Lipinski definition) is 5. The number of anilines is 1. The number of halogens is 3. The van der Waals surface area contributed by atoms with Gasteiger partial charge in [-0.15, -0.1) is 0 Å². The van der Waals surface area contributed by atoms with E-state index in [2.05, 4.69) is 11.8 Å². The Hall–Kier alpha value is -3.63. The molecule has 0 amide bonds. The van der Waals surface area contributed by atoms with E-state index in [1.165, 1.54) is 12.1 Å². The zero-order valence-corrected chi connectivity index (χ0v) is 22.2. The van der Waals surface area contributed by atoms with Crippen molar-refractivity contribution in [1.82, 2.24) is 4.31 Å². The highest BCUT2D eigenvalue weighted by atomic mass is 32.2. The van der Waals surface area contributed by atoms with Gasteiger partial charge >= 0.3 is 11.8 Å². The van der Waals surface area contributed by atoms with Gasteiger partial charge in [0.25, 0.3) is 0 Å². The first kappa shape index (κ1) is 27.0. The molecule has 39 heavy (non-hydrogen) atoms. The monoisotopic (exact) mass is 556 g/mol. The number of methoxy groups -OCH3 is 1. The van der Waals surface area contributed by atoms with Gasteiger partial charge in [0.1, 0.15) is 22.3 Å². The van der Waals surface area contributed by atoms with E-state index >= 15 is 0 Å². The van der Waals surface area contributed by atoms with Crippen LogP contribution < -0.4 is 15.3 Å². The minimum absolute atomic E-state index is 0.106. The molecule has 1 fully saturated rings. The predicted octanol–water partition coefficient (Wildman–Crippen LogP) is 5.64. The lowest BCUT2D eigenvalue weighted by Gasteiger charge is -2.40. The second-order valence-electron chi connectivity index (χ2n) is 9.51. The first-order valence-electron chi connectivity index (χ1n) is 12.4. The van der Waals surface area contributed by atoms with Crippen LogP contribution in [0.1, 0.15) is 23.6 Å². The van der Waals surface area contributed by atoms with Gasteiger partial charge in [0.15, 0.2) is 0 Å². The Morgan fingerprint density at radius 2 is 1.67 bits per heavy atom. The Labute approximate surface area is 226 Å². The van der Waals surface area contributed by atoms with Gasteiger partial charge in [-0.05, 0) is 73.0 Å². The van der Waals surface area contributed by atoms with Gasteiger partial charge in [-0.3, -0.25) is 0 Å². The van der Waals surface area contributed by atoms with E-state index in [1.807, 2.05) is 40.7 Å². The first-order chi connectivity index (χ1) is 18.6. The number of alkyl halides is 3. The van der Waals surface area contributed by atoms with Crippen LogP contribution in [0.25, 0.3) is 11.0 Å². The quantitative estimate of drug-likeness (QED) is 0.288. The van der Waals surface area contributed by atoms with Gasteiger partial charge in [-0.25, -0.2) is 13.3 Å². The van der Waals surface area contributed by atoms with Crippen LogP contribution in [0.5, 0.6) is 5.75 Å². The maximum atomic E-state index is 13.5. The molecule has 1 aliphatic rings. The van der Waals surface area contributed by atoms with Crippen molar-refractivity contribution in [1.29, 1.82) is 0 Å². The molecule has 2 heterocycles. The molecule has 0 N–H and O–H groups in total. The Morgan fingerprint density at radius 1 is 0.974 bits per heavy atom. The summed E-state index contributed by atoms with van der Waals surface area (Å²) in [6.07, 6.45) is -4.30. The summed E-state index contributed by atoms with van der Waals surface area (Å²) in [4.78, 5) is 14.5. The summed E-state index contributed by atoms with van der Waals surface area (Å²) in [5, 5.41) is -0.153. The number of fused-ring (bicyclic) bond motifs is 1. The molecule has 1 aliphatic heterocycles. The number of nitrogens with zero attached hydrogens (tertiary/aromatic N) is 2. The summed E-state index contributed by atoms with van der Waals surface area (Å²) in [5.74, 6) is 0.801. The molecule has 10 heteroatoms. The van der Waals surface area contributed by atoms with Crippen LogP contribution in [0.3, 0.4) is 0 Å². The predicted molar refractivity (Wildman–Crippen MR) is 145 cm³/mol. The second-order valence-corrected chi connectivity index (χ2v) is 11.0. The van der Waals surface area contributed by atoms with Crippen molar-refractivity contribution in [3.05, 3.63) is 99.9 Å². The molecule has 0 bridgehead atoms. The van der Waals surface area contributed by atoms with Crippen molar-refractivity contribution in [3.8, 4) is 5.75 Å². The first-order valence-corrected chi connectivity index (χ1v) is 13.5. The lowest BCUT2D eigenvalue weighted by molar-refractivity contribution is -0.136. The van der Waals surface area contributed by atoms with E-state index in [9.17, 15) is 22.2 Å². The van der Waals surface area contributed by atoms with Crippen LogP contribution in [-0.2, 0) is 23.6 Å². The SMILES string of the molecule is COc1ccc(N2CCN(S(=O)c3ccc(Cc4ccc5oc(=O)cc(C(F)(F)F)c5c4)cc3)CC2C)cc1. The van der Waals surface area contributed by atoms with Crippen molar-refractivity contribution in [2.45, 2.75) is 30.5 Å². The molecule has 2 atom stereocenters. The summed E-state index contributed by atoms with van der Waals surface area (Å²) in [6, 6.07) is 20.2. The van der Waals surface area contributed by atoms with Crippen LogP contribution >= 0.6 is 0 Å². The summed E-state index contributed by atoms with van der Waals surface area (Å²) < 4.78 is 65.9. The standard InChI is InChI=1S/C29H27F3N2O4S/c1-19-18-33(13-14-34(19)22-6-8-23(37-2)9-7-22)39(36)24-10-3-20(4-11-24)15-21-5-12-27-25(16-21)26(29(30,31)32)17-28(35)38-27/h3-12,16-17,19H,13-15,18H2,1-2H3. The minimum atomic E-state index is -4.67. The topological polar surface area (TPSA) is 63.0 Å². The molecule has 3 aromatic carbocycles. The van der Waals surface area contributed by atoms with Gasteiger partial charge in [0.2, 0.25) is 0 Å². The van der Waals surface area contributed by atoms with E-state index < -0.39 is 28.4 Å². The Bertz CT molecular complexity index is 1550. The number of rotatable bonds is 6. The van der Waals surface area contributed by atoms with Crippen molar-refractivity contribution >= 4 is 27.6 Å². The zero-order chi connectivity index (χ0) is 27.7. The lowest BCUT2D eigenvalue weighted by atomic mass is 10.0. The molecule has 204 valence electrons. The normalized spacial score (nSPS) is 17.4. The van der Waals surface area contributed by atoms with Crippen molar-refractivity contribution < 1.29 is 26.5 Å². The van der Waals surface area contributed by atoms with Gasteiger partial charge < -0.3 is 14.1 Å². The minimum Gasteiger partial charge on any atom is -0.497 e. The van der Waals surface area contributed by atoms with Gasteiger partial charge in [0.05, 0.1) is 17.6 Å². The fraction of sp³-hybridized carbons (Fsp3) is 0.276. The third-order valence-electron chi connectivity index (χ3n) is 6.87. The molecule has 0 aliphatic carbocycles. The third-order valence-corrected chi connectivity index (χ3v) is 8.35. The molecule has 0 spiro atoms. The largest absolute Gasteiger partial charge is 0.497 e. The highest BCUT2D eigenvalue weighted by Gasteiger charge is 2.34. The number of hydrogen-bond donors (Lipinski definition) is 0. The van der Waals surface area contributed by atoms with Crippen LogP contribution in [0.15, 0.2) is 86.9 Å². The summed E-state index contributed by atoms with van der Waals surface area (Å²) in [5.41, 5.74) is 0.435. The summed E-state index contributed by atoms with van der Waals surface area (Å²) >= 11 is 0. The molecule has 0 radical (unpaired) electrons. The highest BCUT2D eigenvalue weighted by Crippen LogP contribution is 2.34. The number of benzene rings is 3. The van der Waals surface area contributed by atoms with E-state index in [0.29, 0.717) is 36.0 Å². The fourth-order valence-corrected chi connectivity index (χ4v) is 6.16. The van der Waals surface area contributed by atoms with Crippen molar-refractivity contribution in [3.63, 3.8) is 0 Å². The van der Waals surface area contributed by atoms with E-state index in [-0.39, 0.29) is 17.0 Å². The molecular weight excluding hydrogens is 529 g/mol.